The molecule has 22 heavy (non-hydrogen) atoms. The summed E-state index contributed by atoms with van der Waals surface area (Å²) in [5, 5.41) is 50.1. The number of rotatable bonds is 6. The molecule has 0 radical (unpaired) electrons. The van der Waals surface area contributed by atoms with Gasteiger partial charge < -0.3 is 40.3 Å². The van der Waals surface area contributed by atoms with E-state index in [0.717, 1.165) is 14.0 Å². The Balaban J connectivity index is 3.14. The van der Waals surface area contributed by atoms with Gasteiger partial charge in [0.1, 0.15) is 18.3 Å². The van der Waals surface area contributed by atoms with E-state index in [0.29, 0.717) is 0 Å². The lowest BCUT2D eigenvalue weighted by Crippen LogP contribution is -2.67. The number of aliphatic hydroxyl groups excluding tert-OH is 4. The fraction of sp³-hybridized carbons (Fsp3) is 0.833. The lowest BCUT2D eigenvalue weighted by molar-refractivity contribution is -0.303. The van der Waals surface area contributed by atoms with Crippen LogP contribution in [0.4, 0.5) is 0 Å². The molecule has 0 bridgehead atoms. The predicted molar refractivity (Wildman–Crippen MR) is 69.6 cm³/mol. The molecular formula is C12H21NO9. The first-order valence-electron chi connectivity index (χ1n) is 6.57. The predicted octanol–water partition coefficient (Wildman–Crippen LogP) is -3.22. The van der Waals surface area contributed by atoms with Crippen molar-refractivity contribution in [2.24, 2.45) is 0 Å². The van der Waals surface area contributed by atoms with E-state index < -0.39 is 61.1 Å². The number of methoxy groups -OCH3 is 1. The molecule has 0 aromatic carbocycles. The second-order valence-electron chi connectivity index (χ2n) is 5.08. The van der Waals surface area contributed by atoms with Crippen LogP contribution in [0.15, 0.2) is 0 Å². The zero-order chi connectivity index (χ0) is 17.1. The van der Waals surface area contributed by atoms with Crippen LogP contribution in [0.1, 0.15) is 13.3 Å². The molecule has 1 rings (SSSR count). The van der Waals surface area contributed by atoms with E-state index in [1.807, 2.05) is 0 Å². The number of aliphatic carboxylic acids is 1. The topological polar surface area (TPSA) is 166 Å². The van der Waals surface area contributed by atoms with Crippen LogP contribution in [0.5, 0.6) is 0 Å². The Bertz CT molecular complexity index is 417. The molecule has 1 aliphatic heterocycles. The maximum absolute atomic E-state index is 11.3. The van der Waals surface area contributed by atoms with Crippen molar-refractivity contribution in [3.63, 3.8) is 0 Å². The molecular weight excluding hydrogens is 302 g/mol. The van der Waals surface area contributed by atoms with Crippen molar-refractivity contribution >= 4 is 11.9 Å². The highest BCUT2D eigenvalue weighted by Crippen LogP contribution is 2.32. The van der Waals surface area contributed by atoms with Gasteiger partial charge >= 0.3 is 5.97 Å². The first-order chi connectivity index (χ1) is 10.2. The van der Waals surface area contributed by atoms with Gasteiger partial charge in [0.25, 0.3) is 5.79 Å². The molecule has 1 aliphatic rings. The molecule has 10 nitrogen and oxygen atoms in total. The average Bonchev–Trinajstić information content (AvgIpc) is 2.46. The van der Waals surface area contributed by atoms with E-state index in [-0.39, 0.29) is 0 Å². The first kappa shape index (κ1) is 18.7. The van der Waals surface area contributed by atoms with Crippen LogP contribution in [-0.2, 0) is 19.1 Å². The van der Waals surface area contributed by atoms with Crippen molar-refractivity contribution in [1.82, 2.24) is 5.32 Å². The lowest BCUT2D eigenvalue weighted by atomic mass is 9.88. The number of amides is 1. The molecule has 0 aromatic heterocycles. The highest BCUT2D eigenvalue weighted by Gasteiger charge is 2.55. The van der Waals surface area contributed by atoms with E-state index in [2.05, 4.69) is 5.32 Å². The third-order valence-electron chi connectivity index (χ3n) is 3.52. The first-order valence-corrected chi connectivity index (χ1v) is 6.57. The Labute approximate surface area is 126 Å². The Hall–Kier alpha value is -1.30. The third kappa shape index (κ3) is 3.72. The van der Waals surface area contributed by atoms with Gasteiger partial charge in [-0.15, -0.1) is 0 Å². The molecule has 1 amide bonds. The van der Waals surface area contributed by atoms with Crippen molar-refractivity contribution < 1.29 is 44.6 Å². The van der Waals surface area contributed by atoms with Crippen molar-refractivity contribution in [2.45, 2.75) is 49.6 Å². The number of carboxylic acid groups (broad SMARTS) is 1. The van der Waals surface area contributed by atoms with Crippen molar-refractivity contribution in [3.05, 3.63) is 0 Å². The summed E-state index contributed by atoms with van der Waals surface area (Å²) in [6.07, 6.45) is -6.84. The van der Waals surface area contributed by atoms with Gasteiger partial charge in [-0.2, -0.15) is 0 Å². The van der Waals surface area contributed by atoms with Crippen LogP contribution in [-0.4, -0.2) is 87.4 Å². The zero-order valence-corrected chi connectivity index (χ0v) is 12.2. The highest BCUT2D eigenvalue weighted by atomic mass is 16.7. The van der Waals surface area contributed by atoms with Crippen LogP contribution < -0.4 is 5.32 Å². The summed E-state index contributed by atoms with van der Waals surface area (Å²) in [5.41, 5.74) is 0. The molecule has 1 heterocycles. The van der Waals surface area contributed by atoms with Gasteiger partial charge in [-0.3, -0.25) is 4.79 Å². The number of carbonyl (C=O) groups excluding carboxylic acids is 1. The molecule has 10 heteroatoms. The summed E-state index contributed by atoms with van der Waals surface area (Å²) in [4.78, 5) is 22.6. The standard InChI is InChI=1S/C12H21NO9/c1-5(15)13-8-6(16)3-12(21-2,11(19)20)22-10(8)9(18)7(17)4-14/h6-10,14,16-18H,3-4H2,1-2H3,(H,13,15)(H,19,20)/t6-,7-,8-,9-,10+,12-/m0/s1. The fourth-order valence-electron chi connectivity index (χ4n) is 2.34. The van der Waals surface area contributed by atoms with E-state index in [1.54, 1.807) is 0 Å². The van der Waals surface area contributed by atoms with Gasteiger partial charge in [0.05, 0.1) is 18.8 Å². The molecule has 6 N–H and O–H groups in total. The number of carboxylic acids is 1. The smallest absolute Gasteiger partial charge is 0.364 e. The number of hydrogen-bond donors (Lipinski definition) is 6. The lowest BCUT2D eigenvalue weighted by Gasteiger charge is -2.46. The van der Waals surface area contributed by atoms with E-state index in [9.17, 15) is 30.0 Å². The van der Waals surface area contributed by atoms with Crippen LogP contribution in [0.25, 0.3) is 0 Å². The number of hydrogen-bond acceptors (Lipinski definition) is 8. The number of carbonyl (C=O) groups is 2. The number of nitrogens with one attached hydrogen (secondary N) is 1. The summed E-state index contributed by atoms with van der Waals surface area (Å²) >= 11 is 0. The van der Waals surface area contributed by atoms with Crippen molar-refractivity contribution in [3.8, 4) is 0 Å². The third-order valence-corrected chi connectivity index (χ3v) is 3.52. The molecule has 128 valence electrons. The summed E-state index contributed by atoms with van der Waals surface area (Å²) in [7, 11) is 1.05. The molecule has 0 unspecified atom stereocenters. The maximum Gasteiger partial charge on any atom is 0.364 e. The summed E-state index contributed by atoms with van der Waals surface area (Å²) in [6.45, 7) is 0.338. The van der Waals surface area contributed by atoms with Gasteiger partial charge in [0.15, 0.2) is 0 Å². The average molecular weight is 323 g/mol. The largest absolute Gasteiger partial charge is 0.477 e. The minimum Gasteiger partial charge on any atom is -0.477 e. The normalized spacial score (nSPS) is 34.7. The Morgan fingerprint density at radius 2 is 2.05 bits per heavy atom. The molecule has 0 aromatic rings. The van der Waals surface area contributed by atoms with Crippen LogP contribution in [0.3, 0.4) is 0 Å². The second-order valence-corrected chi connectivity index (χ2v) is 5.08. The van der Waals surface area contributed by atoms with E-state index >= 15 is 0 Å². The summed E-state index contributed by atoms with van der Waals surface area (Å²) in [6, 6.07) is -1.18. The van der Waals surface area contributed by atoms with Crippen molar-refractivity contribution in [2.75, 3.05) is 13.7 Å². The quantitative estimate of drug-likeness (QED) is 0.295. The van der Waals surface area contributed by atoms with E-state index in [4.69, 9.17) is 14.6 Å². The van der Waals surface area contributed by atoms with Gasteiger partial charge in [-0.05, 0) is 0 Å². The van der Waals surface area contributed by atoms with Gasteiger partial charge in [-0.25, -0.2) is 4.79 Å². The van der Waals surface area contributed by atoms with Crippen LogP contribution >= 0.6 is 0 Å². The SMILES string of the molecule is CO[C@@]1(C(=O)O)C[C@H](O)[C@H](NC(C)=O)[C@H]([C@@H](O)[C@@H](O)CO)O1. The Morgan fingerprint density at radius 3 is 2.45 bits per heavy atom. The van der Waals surface area contributed by atoms with Crippen molar-refractivity contribution in [1.29, 1.82) is 0 Å². The molecule has 1 fully saturated rings. The number of ether oxygens (including phenoxy) is 2. The monoisotopic (exact) mass is 323 g/mol. The Kier molecular flexibility index (Phi) is 6.23. The van der Waals surface area contributed by atoms with Gasteiger partial charge in [-0.1, -0.05) is 0 Å². The zero-order valence-electron chi connectivity index (χ0n) is 12.2. The maximum atomic E-state index is 11.3. The Morgan fingerprint density at radius 1 is 1.45 bits per heavy atom. The molecule has 0 saturated carbocycles. The van der Waals surface area contributed by atoms with Gasteiger partial charge in [0, 0.05) is 20.5 Å². The van der Waals surface area contributed by atoms with Crippen LogP contribution in [0, 0.1) is 0 Å². The number of aliphatic hydroxyl groups is 4. The minimum absolute atomic E-state index is 0.498. The molecule has 0 aliphatic carbocycles. The van der Waals surface area contributed by atoms with Gasteiger partial charge in [0.2, 0.25) is 5.91 Å². The molecule has 6 atom stereocenters. The summed E-state index contributed by atoms with van der Waals surface area (Å²) in [5.74, 6) is -4.33. The second kappa shape index (κ2) is 7.31. The fourth-order valence-corrected chi connectivity index (χ4v) is 2.34. The molecule has 0 spiro atoms. The minimum atomic E-state index is -2.24. The summed E-state index contributed by atoms with van der Waals surface area (Å²) < 4.78 is 10.0. The highest BCUT2D eigenvalue weighted by molar-refractivity contribution is 5.76. The molecule has 1 saturated heterocycles. The van der Waals surface area contributed by atoms with E-state index in [1.165, 1.54) is 0 Å². The van der Waals surface area contributed by atoms with Crippen LogP contribution in [0.2, 0.25) is 0 Å².